The number of hydrogen-bond donors (Lipinski definition) is 1. The van der Waals surface area contributed by atoms with E-state index in [1.165, 1.54) is 10.4 Å². The molecule has 1 N–H and O–H groups in total. The van der Waals surface area contributed by atoms with E-state index in [1.54, 1.807) is 12.1 Å². The summed E-state index contributed by atoms with van der Waals surface area (Å²) in [6, 6.07) is 16.3. The quantitative estimate of drug-likeness (QED) is 0.538. The fourth-order valence-electron chi connectivity index (χ4n) is 3.98. The fraction of sp³-hybridized carbons (Fsp3) is 0.320. The molecule has 4 rings (SSSR count). The van der Waals surface area contributed by atoms with Crippen molar-refractivity contribution in [2.75, 3.05) is 25.0 Å². The van der Waals surface area contributed by atoms with Gasteiger partial charge in [0.15, 0.2) is 0 Å². The summed E-state index contributed by atoms with van der Waals surface area (Å²) < 4.78 is 35.3. The average Bonchev–Trinajstić information content (AvgIpc) is 3.36. The van der Waals surface area contributed by atoms with Crippen LogP contribution in [0.15, 0.2) is 71.9 Å². The Balaban J connectivity index is 1.50. The van der Waals surface area contributed by atoms with E-state index in [0.29, 0.717) is 31.1 Å². The second-order valence-corrected chi connectivity index (χ2v) is 9.98. The fourth-order valence-corrected chi connectivity index (χ4v) is 5.52. The van der Waals surface area contributed by atoms with Crippen molar-refractivity contribution < 1.29 is 17.9 Å². The number of nitrogens with one attached hydrogen (secondary N) is 1. The zero-order valence-corrected chi connectivity index (χ0v) is 19.6. The van der Waals surface area contributed by atoms with E-state index in [4.69, 9.17) is 4.74 Å². The number of nitrogens with zero attached hydrogens (tertiary/aromatic N) is 2. The summed E-state index contributed by atoms with van der Waals surface area (Å²) in [6.07, 6.45) is 6.86. The number of aromatic nitrogens is 1. The third-order valence-electron chi connectivity index (χ3n) is 5.68. The molecule has 1 aromatic heterocycles. The Kier molecular flexibility index (Phi) is 7.15. The van der Waals surface area contributed by atoms with Crippen molar-refractivity contribution in [3.05, 3.63) is 72.6 Å². The summed E-state index contributed by atoms with van der Waals surface area (Å²) in [5, 5.41) is 2.85. The van der Waals surface area contributed by atoms with Crippen molar-refractivity contribution in [1.82, 2.24) is 8.87 Å². The summed E-state index contributed by atoms with van der Waals surface area (Å²) in [6.45, 7) is 3.30. The Hall–Kier alpha value is -3.10. The molecule has 174 valence electrons. The molecule has 33 heavy (non-hydrogen) atoms. The number of rotatable bonds is 8. The van der Waals surface area contributed by atoms with E-state index in [1.807, 2.05) is 60.3 Å². The first-order valence-corrected chi connectivity index (χ1v) is 12.7. The number of sulfonamides is 1. The van der Waals surface area contributed by atoms with Crippen LogP contribution in [0.2, 0.25) is 0 Å². The highest BCUT2D eigenvalue weighted by Crippen LogP contribution is 2.30. The van der Waals surface area contributed by atoms with Crippen LogP contribution in [-0.2, 0) is 21.2 Å². The molecule has 1 saturated heterocycles. The maximum Gasteiger partial charge on any atom is 0.243 e. The summed E-state index contributed by atoms with van der Waals surface area (Å²) in [4.78, 5) is 12.9. The maximum atomic E-state index is 13.1. The van der Waals surface area contributed by atoms with E-state index in [0.717, 1.165) is 30.5 Å². The molecule has 1 aliphatic heterocycles. The minimum absolute atomic E-state index is 0.166. The molecule has 0 atom stereocenters. The van der Waals surface area contributed by atoms with Crippen LogP contribution < -0.4 is 10.1 Å². The third kappa shape index (κ3) is 5.46. The topological polar surface area (TPSA) is 80.6 Å². The number of hydrogen-bond acceptors (Lipinski definition) is 4. The van der Waals surface area contributed by atoms with E-state index in [-0.39, 0.29) is 17.2 Å². The van der Waals surface area contributed by atoms with Crippen LogP contribution in [-0.4, -0.2) is 42.9 Å². The van der Waals surface area contributed by atoms with Gasteiger partial charge in [-0.15, -0.1) is 0 Å². The maximum absolute atomic E-state index is 13.1. The number of benzene rings is 2. The van der Waals surface area contributed by atoms with Crippen LogP contribution in [0.1, 0.15) is 31.7 Å². The highest BCUT2D eigenvalue weighted by molar-refractivity contribution is 7.89. The summed E-state index contributed by atoms with van der Waals surface area (Å²) >= 11 is 0. The summed E-state index contributed by atoms with van der Waals surface area (Å²) in [5.41, 5.74) is 2.24. The standard InChI is InChI=1S/C25H29N3O4S/c1-2-32-24-13-12-22(33(30,31)28-16-4-3-5-17-28)19-23(24)26-25(29)18-20-8-10-21(11-9-20)27-14-6-7-15-27/h6-15,19H,2-5,16-18H2,1H3,(H,26,29). The zero-order chi connectivity index (χ0) is 23.3. The monoisotopic (exact) mass is 467 g/mol. The zero-order valence-electron chi connectivity index (χ0n) is 18.7. The van der Waals surface area contributed by atoms with Crippen LogP contribution in [0.25, 0.3) is 5.69 Å². The van der Waals surface area contributed by atoms with Gasteiger partial charge >= 0.3 is 0 Å². The highest BCUT2D eigenvalue weighted by atomic mass is 32.2. The van der Waals surface area contributed by atoms with E-state index < -0.39 is 10.0 Å². The van der Waals surface area contributed by atoms with E-state index >= 15 is 0 Å². The predicted molar refractivity (Wildman–Crippen MR) is 128 cm³/mol. The van der Waals surface area contributed by atoms with E-state index in [9.17, 15) is 13.2 Å². The Morgan fingerprint density at radius 2 is 1.70 bits per heavy atom. The van der Waals surface area contributed by atoms with Crippen molar-refractivity contribution in [3.63, 3.8) is 0 Å². The lowest BCUT2D eigenvalue weighted by atomic mass is 10.1. The molecule has 1 fully saturated rings. The minimum atomic E-state index is -3.61. The Labute approximate surface area is 195 Å². The molecular weight excluding hydrogens is 438 g/mol. The van der Waals surface area contributed by atoms with Gasteiger partial charge in [-0.3, -0.25) is 4.79 Å². The molecule has 0 radical (unpaired) electrons. The number of ether oxygens (including phenoxy) is 1. The van der Waals surface area contributed by atoms with Crippen LogP contribution in [0, 0.1) is 0 Å². The molecule has 8 heteroatoms. The lowest BCUT2D eigenvalue weighted by Crippen LogP contribution is -2.35. The Bertz CT molecular complexity index is 1180. The molecule has 2 heterocycles. The van der Waals surface area contributed by atoms with Gasteiger partial charge in [-0.05, 0) is 67.8 Å². The number of amides is 1. The molecule has 1 amide bonds. The van der Waals surface area contributed by atoms with Gasteiger partial charge in [0.2, 0.25) is 15.9 Å². The minimum Gasteiger partial charge on any atom is -0.492 e. The van der Waals surface area contributed by atoms with Crippen LogP contribution in [0.4, 0.5) is 5.69 Å². The second kappa shape index (κ2) is 10.2. The smallest absolute Gasteiger partial charge is 0.243 e. The molecule has 1 aliphatic rings. The molecule has 2 aromatic carbocycles. The second-order valence-electron chi connectivity index (χ2n) is 8.04. The molecule has 0 aliphatic carbocycles. The normalized spacial score (nSPS) is 14.7. The predicted octanol–water partition coefficient (Wildman–Crippen LogP) is 4.23. The van der Waals surface area contributed by atoms with Crippen molar-refractivity contribution >= 4 is 21.6 Å². The van der Waals surface area contributed by atoms with Crippen LogP contribution in [0.3, 0.4) is 0 Å². The molecule has 0 spiro atoms. The largest absolute Gasteiger partial charge is 0.492 e. The number of carbonyl (C=O) groups is 1. The Morgan fingerprint density at radius 1 is 1.00 bits per heavy atom. The van der Waals surface area contributed by atoms with Gasteiger partial charge in [0.1, 0.15) is 5.75 Å². The van der Waals surface area contributed by atoms with Crippen LogP contribution >= 0.6 is 0 Å². The molecule has 0 bridgehead atoms. The van der Waals surface area contributed by atoms with Gasteiger partial charge in [0.25, 0.3) is 0 Å². The molecular formula is C25H29N3O4S. The first-order chi connectivity index (χ1) is 16.0. The third-order valence-corrected chi connectivity index (χ3v) is 7.58. The molecule has 0 unspecified atom stereocenters. The lowest BCUT2D eigenvalue weighted by molar-refractivity contribution is -0.115. The van der Waals surface area contributed by atoms with Gasteiger partial charge in [0, 0.05) is 31.2 Å². The van der Waals surface area contributed by atoms with Crippen molar-refractivity contribution in [2.45, 2.75) is 37.5 Å². The van der Waals surface area contributed by atoms with Crippen molar-refractivity contribution in [1.29, 1.82) is 0 Å². The molecule has 7 nitrogen and oxygen atoms in total. The molecule has 0 saturated carbocycles. The first kappa shape index (κ1) is 23.1. The summed E-state index contributed by atoms with van der Waals surface area (Å²) in [7, 11) is -3.61. The van der Waals surface area contributed by atoms with Crippen molar-refractivity contribution in [2.24, 2.45) is 0 Å². The number of anilines is 1. The van der Waals surface area contributed by atoms with Crippen LogP contribution in [0.5, 0.6) is 5.75 Å². The van der Waals surface area contributed by atoms with Gasteiger partial charge in [-0.1, -0.05) is 18.6 Å². The van der Waals surface area contributed by atoms with Gasteiger partial charge in [-0.2, -0.15) is 4.31 Å². The average molecular weight is 468 g/mol. The summed E-state index contributed by atoms with van der Waals surface area (Å²) in [5.74, 6) is 0.212. The Morgan fingerprint density at radius 3 is 2.36 bits per heavy atom. The van der Waals surface area contributed by atoms with Gasteiger partial charge in [-0.25, -0.2) is 8.42 Å². The van der Waals surface area contributed by atoms with Gasteiger partial charge < -0.3 is 14.6 Å². The lowest BCUT2D eigenvalue weighted by Gasteiger charge is -2.26. The van der Waals surface area contributed by atoms with Crippen molar-refractivity contribution in [3.8, 4) is 11.4 Å². The van der Waals surface area contributed by atoms with E-state index in [2.05, 4.69) is 5.32 Å². The van der Waals surface area contributed by atoms with Gasteiger partial charge in [0.05, 0.1) is 23.6 Å². The number of piperidine rings is 1. The highest BCUT2D eigenvalue weighted by Gasteiger charge is 2.27. The molecule has 3 aromatic rings. The first-order valence-electron chi connectivity index (χ1n) is 11.3. The number of carbonyl (C=O) groups excluding carboxylic acids is 1. The SMILES string of the molecule is CCOc1ccc(S(=O)(=O)N2CCCCC2)cc1NC(=O)Cc1ccc(-n2cccc2)cc1.